The molecule has 1 aliphatic rings. The fourth-order valence-corrected chi connectivity index (χ4v) is 2.68. The SMILES string of the molecule is C/C(C(=N)N1CCC(Oc2ccc(F)cc2)CC1)=C(\C)C(N)=NC=N. The van der Waals surface area contributed by atoms with E-state index in [1.54, 1.807) is 19.1 Å². The molecule has 0 unspecified atom stereocenters. The van der Waals surface area contributed by atoms with Gasteiger partial charge in [0, 0.05) is 25.9 Å². The summed E-state index contributed by atoms with van der Waals surface area (Å²) in [5, 5.41) is 15.4. The van der Waals surface area contributed by atoms with Crippen LogP contribution in [0.25, 0.3) is 0 Å². The molecule has 4 N–H and O–H groups in total. The van der Waals surface area contributed by atoms with Crippen LogP contribution in [-0.4, -0.2) is 42.1 Å². The largest absolute Gasteiger partial charge is 0.490 e. The van der Waals surface area contributed by atoms with E-state index in [1.807, 2.05) is 11.8 Å². The molecule has 0 aliphatic carbocycles. The van der Waals surface area contributed by atoms with Crippen molar-refractivity contribution in [2.24, 2.45) is 10.7 Å². The average molecular weight is 345 g/mol. The van der Waals surface area contributed by atoms with Crippen molar-refractivity contribution in [1.82, 2.24) is 4.90 Å². The lowest BCUT2D eigenvalue weighted by molar-refractivity contribution is 0.131. The lowest BCUT2D eigenvalue weighted by atomic mass is 10.0. The first-order valence-electron chi connectivity index (χ1n) is 8.18. The predicted molar refractivity (Wildman–Crippen MR) is 98.1 cm³/mol. The van der Waals surface area contributed by atoms with E-state index < -0.39 is 0 Å². The van der Waals surface area contributed by atoms with E-state index in [2.05, 4.69) is 4.99 Å². The molecule has 7 heteroatoms. The van der Waals surface area contributed by atoms with Crippen LogP contribution in [0.15, 0.2) is 40.4 Å². The molecular formula is C18H24FN5O. The number of halogens is 1. The summed E-state index contributed by atoms with van der Waals surface area (Å²) in [5.74, 6) is 1.06. The van der Waals surface area contributed by atoms with Crippen molar-refractivity contribution in [3.05, 3.63) is 41.2 Å². The monoisotopic (exact) mass is 345 g/mol. The number of nitrogens with zero attached hydrogens (tertiary/aromatic N) is 2. The van der Waals surface area contributed by atoms with Gasteiger partial charge in [-0.1, -0.05) is 0 Å². The Hall–Kier alpha value is -2.70. The number of piperidine rings is 1. The molecular weight excluding hydrogens is 321 g/mol. The standard InChI is InChI=1S/C18H24FN5O/c1-12(17(21)23-11-20)13(2)18(22)24-9-7-16(8-10-24)25-15-5-3-14(19)4-6-15/h3-6,11,16,22H,7-10H2,1-2H3,(H3,20,21,23)/b13-12-,22-18?. The average Bonchev–Trinajstić information content (AvgIpc) is 2.62. The number of amidine groups is 2. The maximum Gasteiger partial charge on any atom is 0.128 e. The summed E-state index contributed by atoms with van der Waals surface area (Å²) in [5.41, 5.74) is 7.25. The molecule has 0 spiro atoms. The van der Waals surface area contributed by atoms with Crippen LogP contribution in [0, 0.1) is 16.6 Å². The number of likely N-dealkylation sites (tertiary alicyclic amines) is 1. The summed E-state index contributed by atoms with van der Waals surface area (Å²) in [4.78, 5) is 5.74. The minimum Gasteiger partial charge on any atom is -0.490 e. The van der Waals surface area contributed by atoms with Crippen LogP contribution in [0.3, 0.4) is 0 Å². The Balaban J connectivity index is 1.93. The number of rotatable bonds is 5. The van der Waals surface area contributed by atoms with Crippen molar-refractivity contribution < 1.29 is 9.13 Å². The third-order valence-electron chi connectivity index (χ3n) is 4.38. The predicted octanol–water partition coefficient (Wildman–Crippen LogP) is 2.95. The van der Waals surface area contributed by atoms with Gasteiger partial charge >= 0.3 is 0 Å². The summed E-state index contributed by atoms with van der Waals surface area (Å²) in [6, 6.07) is 6.03. The second-order valence-electron chi connectivity index (χ2n) is 6.00. The van der Waals surface area contributed by atoms with Crippen LogP contribution in [0.5, 0.6) is 5.75 Å². The van der Waals surface area contributed by atoms with Gasteiger partial charge in [-0.15, -0.1) is 0 Å². The van der Waals surface area contributed by atoms with Gasteiger partial charge in [0.05, 0.1) is 0 Å². The number of hydrogen-bond acceptors (Lipinski definition) is 3. The van der Waals surface area contributed by atoms with E-state index in [0.29, 0.717) is 30.2 Å². The minimum absolute atomic E-state index is 0.0597. The number of aliphatic imine (C=N–C) groups is 1. The van der Waals surface area contributed by atoms with Crippen molar-refractivity contribution in [3.8, 4) is 5.75 Å². The summed E-state index contributed by atoms with van der Waals surface area (Å²) >= 11 is 0. The van der Waals surface area contributed by atoms with Crippen molar-refractivity contribution in [1.29, 1.82) is 10.8 Å². The Labute approximate surface area is 147 Å². The molecule has 0 saturated carbocycles. The minimum atomic E-state index is -0.279. The molecule has 1 aliphatic heterocycles. The summed E-state index contributed by atoms with van der Waals surface area (Å²) in [7, 11) is 0. The fraction of sp³-hybridized carbons (Fsp3) is 0.389. The second-order valence-corrected chi connectivity index (χ2v) is 6.00. The van der Waals surface area contributed by atoms with Gasteiger partial charge in [-0.2, -0.15) is 0 Å². The molecule has 0 atom stereocenters. The van der Waals surface area contributed by atoms with Crippen molar-refractivity contribution >= 4 is 18.0 Å². The Kier molecular flexibility index (Phi) is 6.27. The molecule has 0 amide bonds. The molecule has 134 valence electrons. The zero-order valence-corrected chi connectivity index (χ0v) is 14.6. The highest BCUT2D eigenvalue weighted by Crippen LogP contribution is 2.21. The summed E-state index contributed by atoms with van der Waals surface area (Å²) in [6.45, 7) is 5.05. The lowest BCUT2D eigenvalue weighted by Gasteiger charge is -2.34. The van der Waals surface area contributed by atoms with E-state index in [9.17, 15) is 4.39 Å². The van der Waals surface area contributed by atoms with Gasteiger partial charge in [0.25, 0.3) is 0 Å². The Morgan fingerprint density at radius 2 is 1.84 bits per heavy atom. The molecule has 0 radical (unpaired) electrons. The Morgan fingerprint density at radius 3 is 2.40 bits per heavy atom. The van der Waals surface area contributed by atoms with Gasteiger partial charge in [-0.25, -0.2) is 9.38 Å². The Bertz CT molecular complexity index is 688. The van der Waals surface area contributed by atoms with Gasteiger partial charge in [0.2, 0.25) is 0 Å². The van der Waals surface area contributed by atoms with Gasteiger partial charge in [0.15, 0.2) is 0 Å². The topological polar surface area (TPSA) is 98.6 Å². The molecule has 1 heterocycles. The molecule has 0 bridgehead atoms. The maximum absolute atomic E-state index is 12.9. The highest BCUT2D eigenvalue weighted by atomic mass is 19.1. The molecule has 2 rings (SSSR count). The van der Waals surface area contributed by atoms with E-state index >= 15 is 0 Å². The third kappa shape index (κ3) is 4.89. The van der Waals surface area contributed by atoms with Crippen molar-refractivity contribution in [2.75, 3.05) is 13.1 Å². The normalized spacial score (nSPS) is 17.1. The number of hydrogen-bond donors (Lipinski definition) is 3. The van der Waals surface area contributed by atoms with E-state index in [4.69, 9.17) is 21.3 Å². The summed E-state index contributed by atoms with van der Waals surface area (Å²) in [6.07, 6.45) is 2.53. The molecule has 1 fully saturated rings. The van der Waals surface area contributed by atoms with Crippen LogP contribution in [0.2, 0.25) is 0 Å². The summed E-state index contributed by atoms with van der Waals surface area (Å²) < 4.78 is 18.8. The highest BCUT2D eigenvalue weighted by molar-refractivity contribution is 6.08. The van der Waals surface area contributed by atoms with Gasteiger partial charge in [-0.05, 0) is 49.3 Å². The zero-order valence-electron chi connectivity index (χ0n) is 14.6. The molecule has 6 nitrogen and oxygen atoms in total. The van der Waals surface area contributed by atoms with Crippen molar-refractivity contribution in [3.63, 3.8) is 0 Å². The smallest absolute Gasteiger partial charge is 0.128 e. The first kappa shape index (κ1) is 18.6. The number of ether oxygens (including phenoxy) is 1. The first-order chi connectivity index (χ1) is 11.9. The molecule has 1 aromatic carbocycles. The highest BCUT2D eigenvalue weighted by Gasteiger charge is 2.23. The van der Waals surface area contributed by atoms with Gasteiger partial charge in [0.1, 0.15) is 35.7 Å². The Morgan fingerprint density at radius 1 is 1.24 bits per heavy atom. The number of benzene rings is 1. The zero-order chi connectivity index (χ0) is 18.4. The van der Waals surface area contributed by atoms with Gasteiger partial charge < -0.3 is 15.4 Å². The van der Waals surface area contributed by atoms with Crippen LogP contribution in [0.4, 0.5) is 4.39 Å². The first-order valence-corrected chi connectivity index (χ1v) is 8.18. The number of nitrogens with two attached hydrogens (primary N) is 1. The van der Waals surface area contributed by atoms with Crippen LogP contribution < -0.4 is 10.5 Å². The second kappa shape index (κ2) is 8.41. The van der Waals surface area contributed by atoms with Crippen molar-refractivity contribution in [2.45, 2.75) is 32.8 Å². The van der Waals surface area contributed by atoms with E-state index in [-0.39, 0.29) is 17.8 Å². The third-order valence-corrected chi connectivity index (χ3v) is 4.38. The van der Waals surface area contributed by atoms with Gasteiger partial charge in [-0.3, -0.25) is 10.8 Å². The lowest BCUT2D eigenvalue weighted by Crippen LogP contribution is -2.42. The van der Waals surface area contributed by atoms with Crippen LogP contribution >= 0.6 is 0 Å². The van der Waals surface area contributed by atoms with Crippen LogP contribution in [0.1, 0.15) is 26.7 Å². The van der Waals surface area contributed by atoms with E-state index in [0.717, 1.165) is 24.8 Å². The number of nitrogens with one attached hydrogen (secondary N) is 2. The molecule has 0 aromatic heterocycles. The quantitative estimate of drug-likeness (QED) is 0.565. The van der Waals surface area contributed by atoms with E-state index in [1.165, 1.54) is 12.1 Å². The molecule has 25 heavy (non-hydrogen) atoms. The fourth-order valence-electron chi connectivity index (χ4n) is 2.68. The maximum atomic E-state index is 12.9. The molecule has 1 saturated heterocycles. The molecule has 1 aromatic rings. The van der Waals surface area contributed by atoms with Crippen LogP contribution in [-0.2, 0) is 0 Å².